The second-order valence-electron chi connectivity index (χ2n) is 4.26. The molecule has 1 aromatic carbocycles. The fourth-order valence-corrected chi connectivity index (χ4v) is 1.95. The van der Waals surface area contributed by atoms with Crippen LogP contribution in [0.1, 0.15) is 5.69 Å². The molecule has 0 radical (unpaired) electrons. The van der Waals surface area contributed by atoms with Gasteiger partial charge in [0.05, 0.1) is 17.8 Å². The molecule has 0 saturated heterocycles. The van der Waals surface area contributed by atoms with E-state index in [2.05, 4.69) is 10.1 Å². The van der Waals surface area contributed by atoms with Crippen molar-refractivity contribution in [3.63, 3.8) is 0 Å². The van der Waals surface area contributed by atoms with Crippen molar-refractivity contribution in [1.82, 2.24) is 14.6 Å². The highest BCUT2D eigenvalue weighted by Crippen LogP contribution is 2.18. The largest absolute Gasteiger partial charge is 0.369 e. The quantitative estimate of drug-likeness (QED) is 0.766. The molecule has 0 unspecified atom stereocenters. The van der Waals surface area contributed by atoms with Crippen molar-refractivity contribution in [3.05, 3.63) is 54.4 Å². The number of amides is 1. The monoisotopic (exact) mass is 252 g/mol. The number of carbonyl (C=O) groups is 1. The molecule has 94 valence electrons. The van der Waals surface area contributed by atoms with Gasteiger partial charge in [0.15, 0.2) is 5.65 Å². The Morgan fingerprint density at radius 2 is 2.00 bits per heavy atom. The molecule has 0 bridgehead atoms. The molecule has 0 aliphatic rings. The zero-order valence-corrected chi connectivity index (χ0v) is 10.2. The molecule has 1 amide bonds. The molecule has 5 heteroatoms. The third kappa shape index (κ3) is 2.30. The molecular weight excluding hydrogens is 240 g/mol. The number of hydrogen-bond donors (Lipinski definition) is 1. The summed E-state index contributed by atoms with van der Waals surface area (Å²) in [6.45, 7) is 0. The highest BCUT2D eigenvalue weighted by molar-refractivity contribution is 5.76. The Kier molecular flexibility index (Phi) is 2.72. The van der Waals surface area contributed by atoms with Crippen LogP contribution in [0.2, 0.25) is 0 Å². The maximum absolute atomic E-state index is 10.9. The Morgan fingerprint density at radius 1 is 1.21 bits per heavy atom. The van der Waals surface area contributed by atoms with E-state index in [-0.39, 0.29) is 12.3 Å². The van der Waals surface area contributed by atoms with E-state index in [0.29, 0.717) is 11.3 Å². The molecule has 2 aromatic heterocycles. The first kappa shape index (κ1) is 11.4. The molecular formula is C14H12N4O. The molecule has 0 atom stereocenters. The molecule has 2 N–H and O–H groups in total. The normalized spacial score (nSPS) is 10.7. The zero-order valence-electron chi connectivity index (χ0n) is 10.2. The van der Waals surface area contributed by atoms with E-state index in [4.69, 9.17) is 5.73 Å². The number of nitrogens with zero attached hydrogens (tertiary/aromatic N) is 3. The Labute approximate surface area is 109 Å². The van der Waals surface area contributed by atoms with Gasteiger partial charge >= 0.3 is 0 Å². The molecule has 0 spiro atoms. The van der Waals surface area contributed by atoms with Crippen LogP contribution in [-0.4, -0.2) is 20.5 Å². The summed E-state index contributed by atoms with van der Waals surface area (Å²) in [5.74, 6) is -0.389. The fraction of sp³-hybridized carbons (Fsp3) is 0.0714. The minimum absolute atomic E-state index is 0.141. The predicted molar refractivity (Wildman–Crippen MR) is 71.3 cm³/mol. The first-order valence-corrected chi connectivity index (χ1v) is 5.91. The number of nitrogens with two attached hydrogens (primary N) is 1. The number of hydrogen-bond acceptors (Lipinski definition) is 3. The predicted octanol–water partition coefficient (Wildman–Crippen LogP) is 1.42. The second kappa shape index (κ2) is 4.53. The second-order valence-corrected chi connectivity index (χ2v) is 4.26. The molecule has 2 heterocycles. The maximum Gasteiger partial charge on any atom is 0.223 e. The third-order valence-corrected chi connectivity index (χ3v) is 2.81. The van der Waals surface area contributed by atoms with Gasteiger partial charge in [-0.2, -0.15) is 5.10 Å². The number of carbonyl (C=O) groups excluding carboxylic acids is 1. The van der Waals surface area contributed by atoms with Gasteiger partial charge in [0.1, 0.15) is 0 Å². The standard InChI is InChI=1S/C14H12N4O/c15-13(19)8-11-6-7-18-14(16-11)9-12(17-18)10-4-2-1-3-5-10/h1-7,9H,8H2,(H2,15,19). The smallest absolute Gasteiger partial charge is 0.223 e. The SMILES string of the molecule is NC(=O)Cc1ccn2nc(-c3ccccc3)cc2n1. The summed E-state index contributed by atoms with van der Waals surface area (Å²) in [6, 6.07) is 13.5. The highest BCUT2D eigenvalue weighted by Gasteiger charge is 2.07. The lowest BCUT2D eigenvalue weighted by Gasteiger charge is -1.97. The zero-order chi connectivity index (χ0) is 13.2. The van der Waals surface area contributed by atoms with Crippen LogP contribution in [0.5, 0.6) is 0 Å². The van der Waals surface area contributed by atoms with Gasteiger partial charge < -0.3 is 5.73 Å². The third-order valence-electron chi connectivity index (χ3n) is 2.81. The van der Waals surface area contributed by atoms with Crippen LogP contribution in [0.3, 0.4) is 0 Å². The van der Waals surface area contributed by atoms with Gasteiger partial charge in [-0.15, -0.1) is 0 Å². The maximum atomic E-state index is 10.9. The van der Waals surface area contributed by atoms with Crippen molar-refractivity contribution in [3.8, 4) is 11.3 Å². The van der Waals surface area contributed by atoms with E-state index in [1.807, 2.05) is 36.4 Å². The minimum Gasteiger partial charge on any atom is -0.369 e. The van der Waals surface area contributed by atoms with Crippen molar-refractivity contribution in [2.24, 2.45) is 5.73 Å². The van der Waals surface area contributed by atoms with Gasteiger partial charge in [0, 0.05) is 17.8 Å². The minimum atomic E-state index is -0.389. The van der Waals surface area contributed by atoms with Crippen molar-refractivity contribution in [2.75, 3.05) is 0 Å². The topological polar surface area (TPSA) is 73.3 Å². The first-order chi connectivity index (χ1) is 9.22. The van der Waals surface area contributed by atoms with Crippen LogP contribution < -0.4 is 5.73 Å². The van der Waals surface area contributed by atoms with Crippen molar-refractivity contribution in [1.29, 1.82) is 0 Å². The van der Waals surface area contributed by atoms with Gasteiger partial charge in [-0.1, -0.05) is 30.3 Å². The number of benzene rings is 1. The van der Waals surface area contributed by atoms with E-state index in [1.165, 1.54) is 0 Å². The van der Waals surface area contributed by atoms with Crippen LogP contribution in [0.4, 0.5) is 0 Å². The molecule has 5 nitrogen and oxygen atoms in total. The Bertz CT molecular complexity index is 734. The van der Waals surface area contributed by atoms with Crippen LogP contribution in [0.25, 0.3) is 16.9 Å². The number of aromatic nitrogens is 3. The summed E-state index contributed by atoms with van der Waals surface area (Å²) in [5, 5.41) is 4.44. The summed E-state index contributed by atoms with van der Waals surface area (Å²) < 4.78 is 1.69. The van der Waals surface area contributed by atoms with Crippen LogP contribution >= 0.6 is 0 Å². The Morgan fingerprint density at radius 3 is 2.74 bits per heavy atom. The average Bonchev–Trinajstić information content (AvgIpc) is 2.82. The van der Waals surface area contributed by atoms with Crippen LogP contribution in [0, 0.1) is 0 Å². The van der Waals surface area contributed by atoms with E-state index in [1.54, 1.807) is 16.8 Å². The van der Waals surface area contributed by atoms with Crippen molar-refractivity contribution >= 4 is 11.6 Å². The average molecular weight is 252 g/mol. The molecule has 0 saturated carbocycles. The van der Waals surface area contributed by atoms with E-state index in [9.17, 15) is 4.79 Å². The molecule has 0 fully saturated rings. The summed E-state index contributed by atoms with van der Waals surface area (Å²) in [6.07, 6.45) is 1.93. The number of fused-ring (bicyclic) bond motifs is 1. The van der Waals surface area contributed by atoms with Crippen LogP contribution in [-0.2, 0) is 11.2 Å². The lowest BCUT2D eigenvalue weighted by atomic mass is 10.2. The lowest BCUT2D eigenvalue weighted by Crippen LogP contribution is -2.14. The van der Waals surface area contributed by atoms with E-state index >= 15 is 0 Å². The molecule has 3 aromatic rings. The Balaban J connectivity index is 2.04. The number of primary amides is 1. The molecule has 3 rings (SSSR count). The van der Waals surface area contributed by atoms with Gasteiger partial charge in [-0.05, 0) is 6.07 Å². The van der Waals surface area contributed by atoms with Gasteiger partial charge in [0.25, 0.3) is 0 Å². The lowest BCUT2D eigenvalue weighted by molar-refractivity contribution is -0.117. The van der Waals surface area contributed by atoms with Crippen molar-refractivity contribution < 1.29 is 4.79 Å². The van der Waals surface area contributed by atoms with Gasteiger partial charge in [-0.3, -0.25) is 4.79 Å². The fourth-order valence-electron chi connectivity index (χ4n) is 1.95. The van der Waals surface area contributed by atoms with Crippen LogP contribution in [0.15, 0.2) is 48.7 Å². The molecule has 0 aliphatic carbocycles. The first-order valence-electron chi connectivity index (χ1n) is 5.91. The van der Waals surface area contributed by atoms with E-state index < -0.39 is 0 Å². The number of rotatable bonds is 3. The summed E-state index contributed by atoms with van der Waals surface area (Å²) in [4.78, 5) is 15.3. The van der Waals surface area contributed by atoms with Gasteiger partial charge in [-0.25, -0.2) is 9.50 Å². The Hall–Kier alpha value is -2.69. The summed E-state index contributed by atoms with van der Waals surface area (Å²) in [7, 11) is 0. The van der Waals surface area contributed by atoms with Gasteiger partial charge in [0.2, 0.25) is 5.91 Å². The molecule has 0 aliphatic heterocycles. The molecule has 19 heavy (non-hydrogen) atoms. The summed E-state index contributed by atoms with van der Waals surface area (Å²) >= 11 is 0. The summed E-state index contributed by atoms with van der Waals surface area (Å²) in [5.41, 5.74) is 8.41. The highest BCUT2D eigenvalue weighted by atomic mass is 16.1. The van der Waals surface area contributed by atoms with E-state index in [0.717, 1.165) is 11.3 Å². The van der Waals surface area contributed by atoms with Crippen molar-refractivity contribution in [2.45, 2.75) is 6.42 Å².